The van der Waals surface area contributed by atoms with Gasteiger partial charge in [0, 0.05) is 10.8 Å². The Bertz CT molecular complexity index is 587. The highest BCUT2D eigenvalue weighted by molar-refractivity contribution is 7.99. The van der Waals surface area contributed by atoms with E-state index in [9.17, 15) is 0 Å². The Morgan fingerprint density at radius 1 is 0.909 bits per heavy atom. The summed E-state index contributed by atoms with van der Waals surface area (Å²) in [5, 5.41) is 0. The van der Waals surface area contributed by atoms with Crippen LogP contribution in [0.2, 0.25) is 0 Å². The van der Waals surface area contributed by atoms with Crippen molar-refractivity contribution in [3.05, 3.63) is 65.2 Å². The van der Waals surface area contributed by atoms with Crippen molar-refractivity contribution in [2.75, 3.05) is 5.75 Å². The van der Waals surface area contributed by atoms with Crippen LogP contribution in [0.15, 0.2) is 53.4 Å². The molecule has 0 nitrogen and oxygen atoms in total. The first-order chi connectivity index (χ1) is 10.5. The van der Waals surface area contributed by atoms with E-state index in [1.807, 2.05) is 11.8 Å². The van der Waals surface area contributed by atoms with E-state index in [2.05, 4.69) is 69.3 Å². The van der Waals surface area contributed by atoms with Gasteiger partial charge in [-0.25, -0.2) is 0 Å². The number of aryl methyl sites for hydroxylation is 1. The summed E-state index contributed by atoms with van der Waals surface area (Å²) in [7, 11) is 0. The molecule has 0 N–H and O–H groups in total. The molecule has 2 aromatic carbocycles. The second kappa shape index (κ2) is 6.50. The molecule has 0 aromatic heterocycles. The second-order valence-corrected chi connectivity index (χ2v) is 8.59. The van der Waals surface area contributed by atoms with Crippen molar-refractivity contribution in [3.63, 3.8) is 0 Å². The van der Waals surface area contributed by atoms with Crippen LogP contribution < -0.4 is 0 Å². The maximum absolute atomic E-state index is 2.44. The second-order valence-electron chi connectivity index (χ2n) is 7.42. The normalized spacial score (nSPS) is 19.1. The summed E-state index contributed by atoms with van der Waals surface area (Å²) in [5.41, 5.74) is 4.63. The third-order valence-corrected chi connectivity index (χ3v) is 5.55. The number of hydrogen-bond acceptors (Lipinski definition) is 1. The van der Waals surface area contributed by atoms with E-state index in [-0.39, 0.29) is 5.41 Å². The van der Waals surface area contributed by atoms with E-state index in [4.69, 9.17) is 0 Å². The standard InChI is InChI=1S/C21H26S/c1-21(2,3)20-17-10-6-9-16(14-17)8-4-5-13-22-19-12-7-11-18(20)15-19/h6-7,9-12,14-15,20H,4-5,8,13H2,1-3H3. The summed E-state index contributed by atoms with van der Waals surface area (Å²) in [4.78, 5) is 1.42. The summed E-state index contributed by atoms with van der Waals surface area (Å²) in [6.45, 7) is 7.07. The lowest BCUT2D eigenvalue weighted by Gasteiger charge is -2.32. The minimum atomic E-state index is 0.214. The Morgan fingerprint density at radius 2 is 1.64 bits per heavy atom. The van der Waals surface area contributed by atoms with Gasteiger partial charge in [0.25, 0.3) is 0 Å². The predicted octanol–water partition coefficient (Wildman–Crippen LogP) is 6.29. The van der Waals surface area contributed by atoms with E-state index in [1.165, 1.54) is 46.6 Å². The topological polar surface area (TPSA) is 0 Å². The molecule has 1 aliphatic heterocycles. The molecule has 116 valence electrons. The Labute approximate surface area is 139 Å². The van der Waals surface area contributed by atoms with E-state index in [1.54, 1.807) is 0 Å². The smallest absolute Gasteiger partial charge is 0.0138 e. The quantitative estimate of drug-likeness (QED) is 0.551. The van der Waals surface area contributed by atoms with Crippen LogP contribution >= 0.6 is 11.8 Å². The maximum Gasteiger partial charge on any atom is 0.0138 e. The van der Waals surface area contributed by atoms with Gasteiger partial charge in [-0.1, -0.05) is 57.2 Å². The first-order valence-electron chi connectivity index (χ1n) is 8.36. The molecule has 0 amide bonds. The highest BCUT2D eigenvalue weighted by Crippen LogP contribution is 2.42. The van der Waals surface area contributed by atoms with Crippen molar-refractivity contribution in [2.45, 2.75) is 50.8 Å². The fraction of sp³-hybridized carbons (Fsp3) is 0.429. The van der Waals surface area contributed by atoms with Gasteiger partial charge in [0.05, 0.1) is 0 Å². The van der Waals surface area contributed by atoms with Gasteiger partial charge in [0.2, 0.25) is 0 Å². The van der Waals surface area contributed by atoms with Crippen molar-refractivity contribution >= 4 is 11.8 Å². The highest BCUT2D eigenvalue weighted by atomic mass is 32.2. The van der Waals surface area contributed by atoms with E-state index >= 15 is 0 Å². The minimum Gasteiger partial charge on any atom is -0.126 e. The molecule has 2 aromatic rings. The Kier molecular flexibility index (Phi) is 4.63. The molecule has 1 heterocycles. The monoisotopic (exact) mass is 310 g/mol. The molecular weight excluding hydrogens is 284 g/mol. The zero-order valence-electron chi connectivity index (χ0n) is 13.9. The van der Waals surface area contributed by atoms with Crippen LogP contribution in [0, 0.1) is 5.41 Å². The van der Waals surface area contributed by atoms with Crippen molar-refractivity contribution in [1.82, 2.24) is 0 Å². The molecule has 0 saturated heterocycles. The van der Waals surface area contributed by atoms with Gasteiger partial charge in [-0.15, -0.1) is 11.8 Å². The Balaban J connectivity index is 2.13. The molecule has 4 bridgehead atoms. The van der Waals surface area contributed by atoms with Crippen LogP contribution in [-0.4, -0.2) is 5.75 Å². The Hall–Kier alpha value is -1.21. The van der Waals surface area contributed by atoms with Crippen molar-refractivity contribution in [2.24, 2.45) is 5.41 Å². The zero-order valence-corrected chi connectivity index (χ0v) is 14.7. The number of thioether (sulfide) groups is 1. The molecule has 0 radical (unpaired) electrons. The molecule has 0 fully saturated rings. The molecular formula is C21H26S. The molecule has 22 heavy (non-hydrogen) atoms. The molecule has 3 rings (SSSR count). The lowest BCUT2D eigenvalue weighted by atomic mass is 9.72. The predicted molar refractivity (Wildman–Crippen MR) is 97.8 cm³/mol. The molecule has 0 saturated carbocycles. The maximum atomic E-state index is 2.44. The average Bonchev–Trinajstić information content (AvgIpc) is 2.46. The van der Waals surface area contributed by atoms with Crippen LogP contribution in [0.4, 0.5) is 0 Å². The van der Waals surface area contributed by atoms with Crippen LogP contribution in [0.1, 0.15) is 56.2 Å². The summed E-state index contributed by atoms with van der Waals surface area (Å²) in [6, 6.07) is 18.5. The summed E-state index contributed by atoms with van der Waals surface area (Å²) < 4.78 is 0. The third kappa shape index (κ3) is 3.57. The fourth-order valence-corrected chi connectivity index (χ4v) is 4.50. The van der Waals surface area contributed by atoms with E-state index in [0.717, 1.165) is 0 Å². The highest BCUT2D eigenvalue weighted by Gasteiger charge is 2.28. The van der Waals surface area contributed by atoms with Crippen molar-refractivity contribution in [1.29, 1.82) is 0 Å². The van der Waals surface area contributed by atoms with Gasteiger partial charge in [0.15, 0.2) is 0 Å². The van der Waals surface area contributed by atoms with Gasteiger partial charge in [-0.2, -0.15) is 0 Å². The van der Waals surface area contributed by atoms with Gasteiger partial charge in [-0.05, 0) is 59.3 Å². The zero-order chi connectivity index (χ0) is 15.6. The molecule has 0 spiro atoms. The molecule has 1 aliphatic rings. The SMILES string of the molecule is CC(C)(C)C1c2cccc(c2)CCCCSc2cccc1c2. The first kappa shape index (κ1) is 15.7. The summed E-state index contributed by atoms with van der Waals surface area (Å²) in [6.07, 6.45) is 3.79. The van der Waals surface area contributed by atoms with Crippen LogP contribution in [0.25, 0.3) is 0 Å². The van der Waals surface area contributed by atoms with Gasteiger partial charge < -0.3 is 0 Å². The van der Waals surface area contributed by atoms with Crippen molar-refractivity contribution < 1.29 is 0 Å². The largest absolute Gasteiger partial charge is 0.126 e. The van der Waals surface area contributed by atoms with Gasteiger partial charge in [0.1, 0.15) is 0 Å². The Morgan fingerprint density at radius 3 is 2.41 bits per heavy atom. The van der Waals surface area contributed by atoms with Crippen molar-refractivity contribution in [3.8, 4) is 0 Å². The number of fused-ring (bicyclic) bond motifs is 4. The summed E-state index contributed by atoms with van der Waals surface area (Å²) >= 11 is 2.01. The molecule has 1 heteroatoms. The fourth-order valence-electron chi connectivity index (χ4n) is 3.53. The molecule has 0 aliphatic carbocycles. The van der Waals surface area contributed by atoms with Crippen LogP contribution in [0.3, 0.4) is 0 Å². The number of benzene rings is 2. The van der Waals surface area contributed by atoms with Gasteiger partial charge >= 0.3 is 0 Å². The average molecular weight is 311 g/mol. The lowest BCUT2D eigenvalue weighted by Crippen LogP contribution is -2.20. The van der Waals surface area contributed by atoms with Crippen LogP contribution in [-0.2, 0) is 6.42 Å². The van der Waals surface area contributed by atoms with Gasteiger partial charge in [-0.3, -0.25) is 0 Å². The molecule has 1 atom stereocenters. The number of rotatable bonds is 0. The minimum absolute atomic E-state index is 0.214. The number of hydrogen-bond donors (Lipinski definition) is 0. The van der Waals surface area contributed by atoms with Crippen LogP contribution in [0.5, 0.6) is 0 Å². The lowest BCUT2D eigenvalue weighted by molar-refractivity contribution is 0.358. The third-order valence-electron chi connectivity index (χ3n) is 4.47. The first-order valence-corrected chi connectivity index (χ1v) is 9.34. The van der Waals surface area contributed by atoms with E-state index < -0.39 is 0 Å². The van der Waals surface area contributed by atoms with E-state index in [0.29, 0.717) is 5.92 Å². The molecule has 1 unspecified atom stereocenters. The summed E-state index contributed by atoms with van der Waals surface area (Å²) in [5.74, 6) is 1.68.